The van der Waals surface area contributed by atoms with Crippen LogP contribution in [0.5, 0.6) is 5.75 Å². The quantitative estimate of drug-likeness (QED) is 0.584. The van der Waals surface area contributed by atoms with Crippen LogP contribution in [0.15, 0.2) is 41.5 Å². The van der Waals surface area contributed by atoms with Crippen molar-refractivity contribution in [2.75, 3.05) is 12.5 Å². The summed E-state index contributed by atoms with van der Waals surface area (Å²) in [4.78, 5) is 0. The number of fused-ring (bicyclic) bond motifs is 1. The van der Waals surface area contributed by atoms with Crippen LogP contribution >= 0.6 is 0 Å². The average molecular weight is 282 g/mol. The van der Waals surface area contributed by atoms with Gasteiger partial charge in [-0.25, -0.2) is 0 Å². The van der Waals surface area contributed by atoms with Gasteiger partial charge in [-0.15, -0.1) is 15.3 Å². The summed E-state index contributed by atoms with van der Waals surface area (Å²) in [5.41, 5.74) is 4.55. The van der Waals surface area contributed by atoms with E-state index in [0.29, 0.717) is 11.5 Å². The Hall–Kier alpha value is -2.96. The Balaban J connectivity index is 1.72. The van der Waals surface area contributed by atoms with Crippen LogP contribution in [-0.4, -0.2) is 33.1 Å². The molecule has 1 N–H and O–H groups in total. The lowest BCUT2D eigenvalue weighted by atomic mass is 10.2. The second-order valence-electron chi connectivity index (χ2n) is 4.38. The summed E-state index contributed by atoms with van der Waals surface area (Å²) in [5.74, 6) is 2.17. The monoisotopic (exact) mass is 282 g/mol. The summed E-state index contributed by atoms with van der Waals surface area (Å²) in [6.07, 6.45) is 1.71. The van der Waals surface area contributed by atoms with Crippen LogP contribution in [0.1, 0.15) is 11.4 Å². The largest absolute Gasteiger partial charge is 0.497 e. The second kappa shape index (κ2) is 5.58. The van der Waals surface area contributed by atoms with Crippen molar-refractivity contribution in [3.05, 3.63) is 47.8 Å². The van der Waals surface area contributed by atoms with Gasteiger partial charge in [-0.3, -0.25) is 5.43 Å². The molecule has 3 aromatic rings. The molecular formula is C14H14N6O. The molecule has 1 aromatic carbocycles. The third-order valence-corrected chi connectivity index (χ3v) is 2.93. The van der Waals surface area contributed by atoms with Gasteiger partial charge in [0.25, 0.3) is 0 Å². The maximum atomic E-state index is 5.10. The molecular weight excluding hydrogens is 268 g/mol. The van der Waals surface area contributed by atoms with Gasteiger partial charge in [0, 0.05) is 0 Å². The number of nitrogens with zero attached hydrogens (tertiary/aromatic N) is 5. The van der Waals surface area contributed by atoms with Crippen molar-refractivity contribution in [2.24, 2.45) is 5.10 Å². The Morgan fingerprint density at radius 3 is 2.71 bits per heavy atom. The number of aromatic nitrogens is 4. The van der Waals surface area contributed by atoms with E-state index < -0.39 is 0 Å². The van der Waals surface area contributed by atoms with Crippen molar-refractivity contribution >= 4 is 17.7 Å². The van der Waals surface area contributed by atoms with Crippen molar-refractivity contribution in [3.63, 3.8) is 0 Å². The van der Waals surface area contributed by atoms with Gasteiger partial charge in [0.2, 0.25) is 0 Å². The highest BCUT2D eigenvalue weighted by molar-refractivity contribution is 5.80. The van der Waals surface area contributed by atoms with Gasteiger partial charge in [0.15, 0.2) is 17.3 Å². The van der Waals surface area contributed by atoms with Crippen LogP contribution in [0.2, 0.25) is 0 Å². The van der Waals surface area contributed by atoms with Crippen LogP contribution in [-0.2, 0) is 0 Å². The summed E-state index contributed by atoms with van der Waals surface area (Å²) < 4.78 is 6.76. The molecule has 7 heteroatoms. The molecule has 0 aliphatic heterocycles. The zero-order valence-electron chi connectivity index (χ0n) is 11.7. The van der Waals surface area contributed by atoms with Gasteiger partial charge in [-0.2, -0.15) is 9.62 Å². The maximum absolute atomic E-state index is 5.10. The molecule has 7 nitrogen and oxygen atoms in total. The van der Waals surface area contributed by atoms with Crippen LogP contribution in [0.4, 0.5) is 5.82 Å². The Morgan fingerprint density at radius 2 is 1.95 bits per heavy atom. The molecule has 106 valence electrons. The minimum absolute atomic E-state index is 0.621. The summed E-state index contributed by atoms with van der Waals surface area (Å²) in [6, 6.07) is 11.2. The minimum Gasteiger partial charge on any atom is -0.497 e. The van der Waals surface area contributed by atoms with Crippen LogP contribution in [0.3, 0.4) is 0 Å². The number of benzene rings is 1. The third-order valence-electron chi connectivity index (χ3n) is 2.93. The van der Waals surface area contributed by atoms with E-state index in [1.165, 1.54) is 0 Å². The fourth-order valence-electron chi connectivity index (χ4n) is 1.82. The zero-order chi connectivity index (χ0) is 14.7. The topological polar surface area (TPSA) is 76.7 Å². The van der Waals surface area contributed by atoms with Gasteiger partial charge >= 0.3 is 0 Å². The fourth-order valence-corrected chi connectivity index (χ4v) is 1.82. The molecule has 0 saturated carbocycles. The van der Waals surface area contributed by atoms with Crippen molar-refractivity contribution in [1.82, 2.24) is 19.8 Å². The summed E-state index contributed by atoms with van der Waals surface area (Å²) in [6.45, 7) is 1.84. The SMILES string of the molecule is COc1ccc(/C=N\Nc2ccc3nnc(C)n3n2)cc1. The van der Waals surface area contributed by atoms with Crippen molar-refractivity contribution < 1.29 is 4.74 Å². The Labute approximate surface area is 121 Å². The van der Waals surface area contributed by atoms with E-state index in [2.05, 4.69) is 25.8 Å². The summed E-state index contributed by atoms with van der Waals surface area (Å²) >= 11 is 0. The summed E-state index contributed by atoms with van der Waals surface area (Å²) in [5, 5.41) is 16.4. The molecule has 0 radical (unpaired) electrons. The molecule has 2 heterocycles. The third kappa shape index (κ3) is 2.81. The number of hydrogen-bond donors (Lipinski definition) is 1. The van der Waals surface area contributed by atoms with E-state index in [9.17, 15) is 0 Å². The van der Waals surface area contributed by atoms with Crippen molar-refractivity contribution in [1.29, 1.82) is 0 Å². The van der Waals surface area contributed by atoms with Crippen molar-refractivity contribution in [2.45, 2.75) is 6.92 Å². The smallest absolute Gasteiger partial charge is 0.178 e. The highest BCUT2D eigenvalue weighted by Crippen LogP contribution is 2.10. The predicted molar refractivity (Wildman–Crippen MR) is 79.7 cm³/mol. The molecule has 21 heavy (non-hydrogen) atoms. The average Bonchev–Trinajstić information content (AvgIpc) is 2.89. The standard InChI is InChI=1S/C14H14N6O/c1-10-16-18-14-8-7-13(19-20(10)14)17-15-9-11-3-5-12(21-2)6-4-11/h3-9H,1-2H3,(H,17,19)/b15-9-. The maximum Gasteiger partial charge on any atom is 0.178 e. The molecule has 2 aromatic heterocycles. The lowest BCUT2D eigenvalue weighted by Crippen LogP contribution is -2.00. The first-order valence-electron chi connectivity index (χ1n) is 6.38. The van der Waals surface area contributed by atoms with E-state index >= 15 is 0 Å². The number of methoxy groups -OCH3 is 1. The van der Waals surface area contributed by atoms with E-state index in [1.807, 2.05) is 37.3 Å². The Bertz CT molecular complexity index is 778. The zero-order valence-corrected chi connectivity index (χ0v) is 11.7. The molecule has 0 spiro atoms. The van der Waals surface area contributed by atoms with Gasteiger partial charge in [-0.05, 0) is 48.9 Å². The molecule has 0 atom stereocenters. The fraction of sp³-hybridized carbons (Fsp3) is 0.143. The molecule has 0 unspecified atom stereocenters. The van der Waals surface area contributed by atoms with Gasteiger partial charge in [-0.1, -0.05) is 0 Å². The molecule has 0 fully saturated rings. The summed E-state index contributed by atoms with van der Waals surface area (Å²) in [7, 11) is 1.64. The molecule has 0 amide bonds. The lowest BCUT2D eigenvalue weighted by Gasteiger charge is -2.01. The molecule has 0 saturated heterocycles. The van der Waals surface area contributed by atoms with Crippen LogP contribution < -0.4 is 10.2 Å². The minimum atomic E-state index is 0.621. The van der Waals surface area contributed by atoms with Crippen LogP contribution in [0.25, 0.3) is 5.65 Å². The van der Waals surface area contributed by atoms with Crippen LogP contribution in [0, 0.1) is 6.92 Å². The number of aryl methyl sites for hydroxylation is 1. The van der Waals surface area contributed by atoms with Gasteiger partial charge in [0.1, 0.15) is 5.75 Å². The van der Waals surface area contributed by atoms with Crippen molar-refractivity contribution in [3.8, 4) is 5.75 Å². The Kier molecular flexibility index (Phi) is 3.46. The molecule has 3 rings (SSSR count). The number of rotatable bonds is 4. The van der Waals surface area contributed by atoms with E-state index in [0.717, 1.165) is 17.1 Å². The number of hydrazone groups is 1. The normalized spacial score (nSPS) is 11.1. The first-order valence-corrected chi connectivity index (χ1v) is 6.38. The lowest BCUT2D eigenvalue weighted by molar-refractivity contribution is 0.415. The van der Waals surface area contributed by atoms with Gasteiger partial charge in [0.05, 0.1) is 13.3 Å². The van der Waals surface area contributed by atoms with E-state index in [1.54, 1.807) is 23.9 Å². The first-order chi connectivity index (χ1) is 10.3. The first kappa shape index (κ1) is 13.0. The van der Waals surface area contributed by atoms with Gasteiger partial charge < -0.3 is 4.74 Å². The predicted octanol–water partition coefficient (Wildman–Crippen LogP) is 1.89. The number of ether oxygens (including phenoxy) is 1. The molecule has 0 bridgehead atoms. The van der Waals surface area contributed by atoms with E-state index in [-0.39, 0.29) is 0 Å². The number of hydrogen-bond acceptors (Lipinski definition) is 6. The second-order valence-corrected chi connectivity index (χ2v) is 4.38. The molecule has 0 aliphatic carbocycles. The molecule has 0 aliphatic rings. The highest BCUT2D eigenvalue weighted by atomic mass is 16.5. The Morgan fingerprint density at radius 1 is 1.14 bits per heavy atom. The number of anilines is 1. The highest BCUT2D eigenvalue weighted by Gasteiger charge is 2.02. The van der Waals surface area contributed by atoms with E-state index in [4.69, 9.17) is 4.74 Å². The number of nitrogens with one attached hydrogen (secondary N) is 1.